The molecular formula is C26H30N2OS. The molecule has 3 nitrogen and oxygen atoms in total. The summed E-state index contributed by atoms with van der Waals surface area (Å²) in [6, 6.07) is 15.0. The summed E-state index contributed by atoms with van der Waals surface area (Å²) in [5.74, 6) is 2.83. The van der Waals surface area contributed by atoms with Crippen molar-refractivity contribution >= 4 is 28.1 Å². The Morgan fingerprint density at radius 2 is 1.73 bits per heavy atom. The number of aryl methyl sites for hydroxylation is 1. The van der Waals surface area contributed by atoms with Crippen LogP contribution >= 0.6 is 11.3 Å². The number of aromatic nitrogens is 1. The van der Waals surface area contributed by atoms with Gasteiger partial charge in [0.1, 0.15) is 5.00 Å². The number of hydrogen-bond acceptors (Lipinski definition) is 2. The van der Waals surface area contributed by atoms with E-state index in [9.17, 15) is 4.79 Å². The van der Waals surface area contributed by atoms with Crippen molar-refractivity contribution in [2.24, 2.45) is 23.2 Å². The quantitative estimate of drug-likeness (QED) is 0.527. The molecule has 2 heterocycles. The van der Waals surface area contributed by atoms with Crippen LogP contribution in [-0.4, -0.2) is 16.5 Å². The average molecular weight is 419 g/mol. The van der Waals surface area contributed by atoms with Gasteiger partial charge in [0, 0.05) is 17.1 Å². The summed E-state index contributed by atoms with van der Waals surface area (Å²) in [5, 5.41) is 5.78. The second-order valence-corrected chi connectivity index (χ2v) is 11.4. The van der Waals surface area contributed by atoms with Crippen molar-refractivity contribution in [3.63, 3.8) is 0 Å². The Kier molecular flexibility index (Phi) is 4.18. The molecule has 4 bridgehead atoms. The molecule has 156 valence electrons. The SMILES string of the molecule is Cc1cc2ccccc2n1-c1ccc(C(=O)NC(C)C23CC4CC(CC(C4)C2)C3)s1. The highest BCUT2D eigenvalue weighted by Gasteiger charge is 2.53. The molecule has 30 heavy (non-hydrogen) atoms. The lowest BCUT2D eigenvalue weighted by molar-refractivity contribution is -0.0687. The first kappa shape index (κ1) is 18.7. The van der Waals surface area contributed by atoms with Crippen LogP contribution in [-0.2, 0) is 0 Å². The van der Waals surface area contributed by atoms with E-state index in [1.165, 1.54) is 55.1 Å². The van der Waals surface area contributed by atoms with Gasteiger partial charge in [0.05, 0.1) is 10.4 Å². The maximum absolute atomic E-state index is 13.2. The first-order chi connectivity index (χ1) is 14.5. The number of fused-ring (bicyclic) bond motifs is 1. The van der Waals surface area contributed by atoms with Crippen LogP contribution in [0.4, 0.5) is 0 Å². The molecule has 1 N–H and O–H groups in total. The van der Waals surface area contributed by atoms with Crippen molar-refractivity contribution in [3.05, 3.63) is 53.0 Å². The van der Waals surface area contributed by atoms with E-state index < -0.39 is 0 Å². The van der Waals surface area contributed by atoms with Crippen LogP contribution in [0.2, 0.25) is 0 Å². The molecule has 7 rings (SSSR count). The zero-order valence-electron chi connectivity index (χ0n) is 17.9. The average Bonchev–Trinajstić information content (AvgIpc) is 3.30. The van der Waals surface area contributed by atoms with E-state index in [0.29, 0.717) is 5.41 Å². The monoisotopic (exact) mass is 418 g/mol. The molecule has 4 heteroatoms. The molecule has 4 saturated carbocycles. The van der Waals surface area contributed by atoms with E-state index in [0.717, 1.165) is 27.6 Å². The van der Waals surface area contributed by atoms with E-state index in [1.54, 1.807) is 11.3 Å². The summed E-state index contributed by atoms with van der Waals surface area (Å²) < 4.78 is 2.26. The molecule has 1 amide bonds. The Hall–Kier alpha value is -2.07. The predicted molar refractivity (Wildman–Crippen MR) is 123 cm³/mol. The number of carbonyl (C=O) groups excluding carboxylic acids is 1. The highest BCUT2D eigenvalue weighted by molar-refractivity contribution is 7.16. The number of rotatable bonds is 4. The third-order valence-electron chi connectivity index (χ3n) is 8.28. The van der Waals surface area contributed by atoms with Gasteiger partial charge < -0.3 is 9.88 Å². The fourth-order valence-corrected chi connectivity index (χ4v) is 8.27. The van der Waals surface area contributed by atoms with Crippen molar-refractivity contribution in [2.75, 3.05) is 0 Å². The Morgan fingerprint density at radius 3 is 2.43 bits per heavy atom. The van der Waals surface area contributed by atoms with Gasteiger partial charge >= 0.3 is 0 Å². The maximum Gasteiger partial charge on any atom is 0.261 e. The van der Waals surface area contributed by atoms with E-state index in [4.69, 9.17) is 0 Å². The van der Waals surface area contributed by atoms with Crippen molar-refractivity contribution in [1.29, 1.82) is 0 Å². The zero-order chi connectivity index (χ0) is 20.5. The fourth-order valence-electron chi connectivity index (χ4n) is 7.28. The molecule has 0 aliphatic heterocycles. The Bertz CT molecular complexity index is 1090. The van der Waals surface area contributed by atoms with Gasteiger partial charge in [0.15, 0.2) is 0 Å². The van der Waals surface area contributed by atoms with Crippen LogP contribution < -0.4 is 5.32 Å². The minimum Gasteiger partial charge on any atom is -0.348 e. The van der Waals surface area contributed by atoms with Crippen molar-refractivity contribution in [1.82, 2.24) is 9.88 Å². The summed E-state index contributed by atoms with van der Waals surface area (Å²) in [5.41, 5.74) is 2.75. The van der Waals surface area contributed by atoms with Gasteiger partial charge in [-0.1, -0.05) is 18.2 Å². The molecule has 1 aromatic carbocycles. The fraction of sp³-hybridized carbons (Fsp3) is 0.500. The molecule has 0 spiro atoms. The minimum absolute atomic E-state index is 0.101. The third kappa shape index (κ3) is 2.87. The zero-order valence-corrected chi connectivity index (χ0v) is 18.7. The predicted octanol–water partition coefficient (Wildman–Crippen LogP) is 6.34. The first-order valence-corrected chi connectivity index (χ1v) is 12.3. The van der Waals surface area contributed by atoms with Crippen LogP contribution in [0.25, 0.3) is 15.9 Å². The molecule has 1 unspecified atom stereocenters. The lowest BCUT2D eigenvalue weighted by Crippen LogP contribution is -2.55. The molecule has 4 aliphatic rings. The second kappa shape index (κ2) is 6.71. The van der Waals surface area contributed by atoms with Crippen molar-refractivity contribution < 1.29 is 4.79 Å². The molecule has 0 saturated heterocycles. The van der Waals surface area contributed by atoms with Gasteiger partial charge in [0.25, 0.3) is 5.91 Å². The molecule has 0 radical (unpaired) electrons. The first-order valence-electron chi connectivity index (χ1n) is 11.5. The number of para-hydroxylation sites is 1. The molecule has 2 aromatic heterocycles. The summed E-state index contributed by atoms with van der Waals surface area (Å²) >= 11 is 1.60. The number of nitrogens with zero attached hydrogens (tertiary/aromatic N) is 1. The Morgan fingerprint density at radius 1 is 1.07 bits per heavy atom. The van der Waals surface area contributed by atoms with Gasteiger partial charge in [-0.2, -0.15) is 0 Å². The number of hydrogen-bond donors (Lipinski definition) is 1. The van der Waals surface area contributed by atoms with Crippen LogP contribution in [0.15, 0.2) is 42.5 Å². The number of benzene rings is 1. The van der Waals surface area contributed by atoms with Crippen LogP contribution in [0.5, 0.6) is 0 Å². The lowest BCUT2D eigenvalue weighted by Gasteiger charge is -2.59. The normalized spacial score (nSPS) is 30.7. The van der Waals surface area contributed by atoms with Gasteiger partial charge in [-0.05, 0) is 99.8 Å². The van der Waals surface area contributed by atoms with Gasteiger partial charge in [-0.15, -0.1) is 11.3 Å². The smallest absolute Gasteiger partial charge is 0.261 e. The van der Waals surface area contributed by atoms with E-state index in [2.05, 4.69) is 60.1 Å². The molecule has 1 atom stereocenters. The van der Waals surface area contributed by atoms with Gasteiger partial charge in [-0.25, -0.2) is 0 Å². The molecular weight excluding hydrogens is 388 g/mol. The Labute approximate surface area is 182 Å². The van der Waals surface area contributed by atoms with Crippen LogP contribution in [0.1, 0.15) is 60.8 Å². The summed E-state index contributed by atoms with van der Waals surface area (Å²) in [6.45, 7) is 4.40. The highest BCUT2D eigenvalue weighted by atomic mass is 32.1. The minimum atomic E-state index is 0.101. The maximum atomic E-state index is 13.2. The molecule has 3 aromatic rings. The third-order valence-corrected chi connectivity index (χ3v) is 9.35. The van der Waals surface area contributed by atoms with E-state index in [1.807, 2.05) is 6.07 Å². The van der Waals surface area contributed by atoms with Gasteiger partial charge in [0.2, 0.25) is 0 Å². The number of carbonyl (C=O) groups is 1. The van der Waals surface area contributed by atoms with E-state index >= 15 is 0 Å². The molecule has 4 fully saturated rings. The summed E-state index contributed by atoms with van der Waals surface area (Å²) in [6.07, 6.45) is 8.30. The van der Waals surface area contributed by atoms with Crippen LogP contribution in [0.3, 0.4) is 0 Å². The van der Waals surface area contributed by atoms with E-state index in [-0.39, 0.29) is 11.9 Å². The Balaban J connectivity index is 1.23. The number of thiophene rings is 1. The highest BCUT2D eigenvalue weighted by Crippen LogP contribution is 2.61. The largest absolute Gasteiger partial charge is 0.348 e. The van der Waals surface area contributed by atoms with Crippen molar-refractivity contribution in [3.8, 4) is 5.00 Å². The van der Waals surface area contributed by atoms with Gasteiger partial charge in [-0.3, -0.25) is 4.79 Å². The molecule has 4 aliphatic carbocycles. The van der Waals surface area contributed by atoms with Crippen molar-refractivity contribution in [2.45, 2.75) is 58.4 Å². The topological polar surface area (TPSA) is 34.0 Å². The number of nitrogens with one attached hydrogen (secondary N) is 1. The standard InChI is InChI=1S/C26H30N2OS/c1-16-9-21-5-3-4-6-22(21)28(16)24-8-7-23(30-24)25(29)27-17(2)26-13-18-10-19(14-26)12-20(11-18)15-26/h3-9,17-20H,10-15H2,1-2H3,(H,27,29). The summed E-state index contributed by atoms with van der Waals surface area (Å²) in [7, 11) is 0. The van der Waals surface area contributed by atoms with Crippen LogP contribution in [0, 0.1) is 30.1 Å². The summed E-state index contributed by atoms with van der Waals surface area (Å²) in [4.78, 5) is 14.0. The lowest BCUT2D eigenvalue weighted by atomic mass is 9.48. The number of amides is 1. The second-order valence-electron chi connectivity index (χ2n) is 10.3.